The van der Waals surface area contributed by atoms with Crippen molar-refractivity contribution in [2.45, 2.75) is 19.4 Å². The molecule has 0 aromatic heterocycles. The number of hydrogen-bond donors (Lipinski definition) is 2. The number of hydrogen-bond acceptors (Lipinski definition) is 2. The van der Waals surface area contributed by atoms with E-state index in [4.69, 9.17) is 0 Å². The Morgan fingerprint density at radius 3 is 2.89 bits per heavy atom. The van der Waals surface area contributed by atoms with Crippen LogP contribution in [-0.4, -0.2) is 26.2 Å². The van der Waals surface area contributed by atoms with Crippen LogP contribution in [0.15, 0.2) is 0 Å². The van der Waals surface area contributed by atoms with Gasteiger partial charge in [0.05, 0.1) is 0 Å². The van der Waals surface area contributed by atoms with E-state index in [1.54, 1.807) is 0 Å². The van der Waals surface area contributed by atoms with Crippen molar-refractivity contribution >= 4 is 0 Å². The van der Waals surface area contributed by atoms with Gasteiger partial charge in [-0.2, -0.15) is 0 Å². The summed E-state index contributed by atoms with van der Waals surface area (Å²) in [4.78, 5) is 0. The average Bonchev–Trinajstić information content (AvgIpc) is 2.37. The molecule has 2 heteroatoms. The molecular weight excluding hydrogens is 112 g/mol. The predicted octanol–water partition coefficient (Wildman–Crippen LogP) is 0.204. The molecule has 1 saturated heterocycles. The van der Waals surface area contributed by atoms with Crippen molar-refractivity contribution in [3.8, 4) is 0 Å². The standard InChI is InChI=1S/C7H16N2/c1-6(8-2)7-3-4-9-5-7/h6-9H,3-5H2,1-2H3/t6?,7-/m0/s1. The zero-order valence-corrected chi connectivity index (χ0v) is 6.28. The molecule has 0 aromatic rings. The highest BCUT2D eigenvalue weighted by Gasteiger charge is 2.18. The molecule has 1 heterocycles. The highest BCUT2D eigenvalue weighted by molar-refractivity contribution is 4.78. The highest BCUT2D eigenvalue weighted by Crippen LogP contribution is 2.11. The zero-order valence-electron chi connectivity index (χ0n) is 6.28. The lowest BCUT2D eigenvalue weighted by Gasteiger charge is -2.16. The molecule has 2 N–H and O–H groups in total. The summed E-state index contributed by atoms with van der Waals surface area (Å²) >= 11 is 0. The van der Waals surface area contributed by atoms with Gasteiger partial charge in [-0.15, -0.1) is 0 Å². The van der Waals surface area contributed by atoms with E-state index < -0.39 is 0 Å². The molecule has 1 aliphatic heterocycles. The molecular formula is C7H16N2. The smallest absolute Gasteiger partial charge is 0.00765 e. The minimum Gasteiger partial charge on any atom is -0.317 e. The second kappa shape index (κ2) is 3.18. The van der Waals surface area contributed by atoms with Crippen LogP contribution >= 0.6 is 0 Å². The van der Waals surface area contributed by atoms with E-state index in [9.17, 15) is 0 Å². The van der Waals surface area contributed by atoms with Gasteiger partial charge in [-0.1, -0.05) is 0 Å². The van der Waals surface area contributed by atoms with Crippen molar-refractivity contribution in [2.75, 3.05) is 20.1 Å². The van der Waals surface area contributed by atoms with Crippen LogP contribution in [0.5, 0.6) is 0 Å². The molecule has 1 aliphatic rings. The Morgan fingerprint density at radius 2 is 2.44 bits per heavy atom. The first-order chi connectivity index (χ1) is 4.34. The van der Waals surface area contributed by atoms with Crippen molar-refractivity contribution in [3.63, 3.8) is 0 Å². The van der Waals surface area contributed by atoms with Crippen LogP contribution in [0.2, 0.25) is 0 Å². The van der Waals surface area contributed by atoms with Gasteiger partial charge >= 0.3 is 0 Å². The van der Waals surface area contributed by atoms with Gasteiger partial charge in [0.15, 0.2) is 0 Å². The maximum absolute atomic E-state index is 3.35. The Kier molecular flexibility index (Phi) is 2.49. The molecule has 0 aromatic carbocycles. The minimum absolute atomic E-state index is 0.681. The monoisotopic (exact) mass is 128 g/mol. The van der Waals surface area contributed by atoms with E-state index in [1.807, 2.05) is 7.05 Å². The molecule has 0 amide bonds. The SMILES string of the molecule is CNC(C)[C@H]1CCNC1. The van der Waals surface area contributed by atoms with Gasteiger partial charge in [-0.25, -0.2) is 0 Å². The fraction of sp³-hybridized carbons (Fsp3) is 1.00. The first kappa shape index (κ1) is 7.03. The summed E-state index contributed by atoms with van der Waals surface area (Å²) in [5.41, 5.74) is 0. The fourth-order valence-corrected chi connectivity index (χ4v) is 1.34. The molecule has 0 bridgehead atoms. The Morgan fingerprint density at radius 1 is 1.67 bits per heavy atom. The van der Waals surface area contributed by atoms with E-state index in [-0.39, 0.29) is 0 Å². The van der Waals surface area contributed by atoms with Gasteiger partial charge in [-0.3, -0.25) is 0 Å². The van der Waals surface area contributed by atoms with Gasteiger partial charge < -0.3 is 10.6 Å². The van der Waals surface area contributed by atoms with Crippen LogP contribution in [0.25, 0.3) is 0 Å². The molecule has 2 atom stereocenters. The quantitative estimate of drug-likeness (QED) is 0.555. The van der Waals surface area contributed by atoms with E-state index in [0.29, 0.717) is 6.04 Å². The van der Waals surface area contributed by atoms with Crippen LogP contribution < -0.4 is 10.6 Å². The molecule has 9 heavy (non-hydrogen) atoms. The number of nitrogens with one attached hydrogen (secondary N) is 2. The molecule has 1 rings (SSSR count). The van der Waals surface area contributed by atoms with Crippen LogP contribution in [0, 0.1) is 5.92 Å². The van der Waals surface area contributed by atoms with Crippen LogP contribution in [-0.2, 0) is 0 Å². The minimum atomic E-state index is 0.681. The molecule has 1 fully saturated rings. The molecule has 0 saturated carbocycles. The van der Waals surface area contributed by atoms with E-state index >= 15 is 0 Å². The molecule has 1 unspecified atom stereocenters. The maximum atomic E-state index is 3.35. The maximum Gasteiger partial charge on any atom is 0.00765 e. The molecule has 0 spiro atoms. The Hall–Kier alpha value is -0.0800. The van der Waals surface area contributed by atoms with Gasteiger partial charge in [-0.05, 0) is 39.4 Å². The van der Waals surface area contributed by atoms with Crippen molar-refractivity contribution in [3.05, 3.63) is 0 Å². The lowest BCUT2D eigenvalue weighted by atomic mass is 10.0. The first-order valence-electron chi connectivity index (χ1n) is 3.72. The second-order valence-corrected chi connectivity index (χ2v) is 2.83. The fourth-order valence-electron chi connectivity index (χ4n) is 1.34. The third-order valence-corrected chi connectivity index (χ3v) is 2.26. The van der Waals surface area contributed by atoms with Gasteiger partial charge in [0.2, 0.25) is 0 Å². The summed E-state index contributed by atoms with van der Waals surface area (Å²) < 4.78 is 0. The van der Waals surface area contributed by atoms with Crippen molar-refractivity contribution in [1.82, 2.24) is 10.6 Å². The van der Waals surface area contributed by atoms with Gasteiger partial charge in [0, 0.05) is 6.04 Å². The highest BCUT2D eigenvalue weighted by atomic mass is 14.9. The van der Waals surface area contributed by atoms with Crippen LogP contribution in [0.4, 0.5) is 0 Å². The van der Waals surface area contributed by atoms with Gasteiger partial charge in [0.1, 0.15) is 0 Å². The van der Waals surface area contributed by atoms with Crippen molar-refractivity contribution < 1.29 is 0 Å². The second-order valence-electron chi connectivity index (χ2n) is 2.83. The summed E-state index contributed by atoms with van der Waals surface area (Å²) in [5, 5.41) is 6.61. The van der Waals surface area contributed by atoms with E-state index in [1.165, 1.54) is 19.5 Å². The Balaban J connectivity index is 2.24. The lowest BCUT2D eigenvalue weighted by Crippen LogP contribution is -2.31. The molecule has 2 nitrogen and oxygen atoms in total. The lowest BCUT2D eigenvalue weighted by molar-refractivity contribution is 0.425. The largest absolute Gasteiger partial charge is 0.317 e. The molecule has 0 radical (unpaired) electrons. The Bertz CT molecular complexity index is 77.0. The van der Waals surface area contributed by atoms with E-state index in [2.05, 4.69) is 17.6 Å². The topological polar surface area (TPSA) is 24.1 Å². The zero-order chi connectivity index (χ0) is 6.69. The van der Waals surface area contributed by atoms with Crippen LogP contribution in [0.3, 0.4) is 0 Å². The summed E-state index contributed by atoms with van der Waals surface area (Å²) in [7, 11) is 2.03. The van der Waals surface area contributed by atoms with Crippen molar-refractivity contribution in [1.29, 1.82) is 0 Å². The van der Waals surface area contributed by atoms with Crippen LogP contribution in [0.1, 0.15) is 13.3 Å². The van der Waals surface area contributed by atoms with Crippen molar-refractivity contribution in [2.24, 2.45) is 5.92 Å². The molecule has 0 aliphatic carbocycles. The molecule has 54 valence electrons. The average molecular weight is 128 g/mol. The summed E-state index contributed by atoms with van der Waals surface area (Å²) in [5.74, 6) is 0.856. The summed E-state index contributed by atoms with van der Waals surface area (Å²) in [6, 6.07) is 0.681. The van der Waals surface area contributed by atoms with Gasteiger partial charge in [0.25, 0.3) is 0 Å². The Labute approximate surface area is 57.0 Å². The third kappa shape index (κ3) is 1.66. The predicted molar refractivity (Wildman–Crippen MR) is 39.5 cm³/mol. The summed E-state index contributed by atoms with van der Waals surface area (Å²) in [6.07, 6.45) is 1.34. The summed E-state index contributed by atoms with van der Waals surface area (Å²) in [6.45, 7) is 4.65. The first-order valence-corrected chi connectivity index (χ1v) is 3.72. The third-order valence-electron chi connectivity index (χ3n) is 2.26. The van der Waals surface area contributed by atoms with E-state index in [0.717, 1.165) is 5.92 Å². The number of rotatable bonds is 2. The normalized spacial score (nSPS) is 30.7.